The van der Waals surface area contributed by atoms with E-state index in [2.05, 4.69) is 5.32 Å². The molecule has 0 aromatic rings. The quantitative estimate of drug-likeness (QED) is 0.715. The van der Waals surface area contributed by atoms with Gasteiger partial charge < -0.3 is 10.4 Å². The van der Waals surface area contributed by atoms with E-state index in [-0.39, 0.29) is 17.7 Å². The number of aliphatic hydroxyl groups excluding tert-OH is 1. The molecule has 1 heterocycles. The minimum atomic E-state index is -3.34. The Balaban J connectivity index is 2.67. The highest BCUT2D eigenvalue weighted by molar-refractivity contribution is 7.89. The third-order valence-electron chi connectivity index (χ3n) is 3.41. The van der Waals surface area contributed by atoms with Crippen molar-refractivity contribution in [2.24, 2.45) is 0 Å². The molecule has 0 bridgehead atoms. The van der Waals surface area contributed by atoms with Gasteiger partial charge in [0, 0.05) is 12.6 Å². The molecule has 1 aliphatic heterocycles. The van der Waals surface area contributed by atoms with Gasteiger partial charge in [0.25, 0.3) is 0 Å². The van der Waals surface area contributed by atoms with Gasteiger partial charge in [0.1, 0.15) is 6.04 Å². The molecular weight excluding hydrogens is 280 g/mol. The molecule has 1 saturated heterocycles. The van der Waals surface area contributed by atoms with E-state index in [1.54, 1.807) is 6.92 Å². The van der Waals surface area contributed by atoms with Crippen LogP contribution in [0.2, 0.25) is 0 Å². The molecule has 0 saturated carbocycles. The maximum absolute atomic E-state index is 12.2. The molecule has 20 heavy (non-hydrogen) atoms. The summed E-state index contributed by atoms with van der Waals surface area (Å²) in [5.74, 6) is -0.171. The summed E-state index contributed by atoms with van der Waals surface area (Å²) in [6.45, 7) is 5.71. The summed E-state index contributed by atoms with van der Waals surface area (Å²) >= 11 is 0. The van der Waals surface area contributed by atoms with Crippen molar-refractivity contribution < 1.29 is 18.3 Å². The first-order valence-corrected chi connectivity index (χ1v) is 8.86. The van der Waals surface area contributed by atoms with Crippen molar-refractivity contribution in [1.82, 2.24) is 9.62 Å². The average Bonchev–Trinajstić information content (AvgIpc) is 2.76. The number of aliphatic hydroxyl groups is 1. The topological polar surface area (TPSA) is 86.7 Å². The summed E-state index contributed by atoms with van der Waals surface area (Å²) in [5, 5.41) is 12.1. The lowest BCUT2D eigenvalue weighted by atomic mass is 10.1. The van der Waals surface area contributed by atoms with Gasteiger partial charge in [-0.1, -0.05) is 6.92 Å². The summed E-state index contributed by atoms with van der Waals surface area (Å²) in [6.07, 6.45) is 1.79. The van der Waals surface area contributed by atoms with Crippen LogP contribution in [-0.2, 0) is 14.8 Å². The second kappa shape index (κ2) is 7.38. The first kappa shape index (κ1) is 17.4. The molecular formula is C13H26N2O4S. The van der Waals surface area contributed by atoms with Crippen LogP contribution in [0.5, 0.6) is 0 Å². The summed E-state index contributed by atoms with van der Waals surface area (Å²) in [5.41, 5.74) is 0. The fourth-order valence-corrected chi connectivity index (χ4v) is 4.37. The standard InChI is InChI=1S/C13H26N2O4S/c1-4-8-20(18,19)15-7-5-6-12(15)13(17)14-10(2)9-11(3)16/h10-12,16H,4-9H2,1-3H3,(H,14,17). The Bertz CT molecular complexity index is 422. The SMILES string of the molecule is CCCS(=O)(=O)N1CCCC1C(=O)NC(C)CC(C)O. The molecule has 118 valence electrons. The molecule has 1 amide bonds. The zero-order valence-corrected chi connectivity index (χ0v) is 13.3. The van der Waals surface area contributed by atoms with Crippen LogP contribution in [0, 0.1) is 0 Å². The van der Waals surface area contributed by atoms with Gasteiger partial charge in [0.05, 0.1) is 11.9 Å². The molecule has 2 N–H and O–H groups in total. The molecule has 0 aromatic heterocycles. The van der Waals surface area contributed by atoms with E-state index in [4.69, 9.17) is 0 Å². The summed E-state index contributed by atoms with van der Waals surface area (Å²) < 4.78 is 25.6. The second-order valence-electron chi connectivity index (χ2n) is 5.58. The summed E-state index contributed by atoms with van der Waals surface area (Å²) in [7, 11) is -3.34. The molecule has 0 radical (unpaired) electrons. The van der Waals surface area contributed by atoms with Crippen LogP contribution in [0.25, 0.3) is 0 Å². The van der Waals surface area contributed by atoms with Gasteiger partial charge in [-0.25, -0.2) is 8.42 Å². The molecule has 0 aromatic carbocycles. The maximum Gasteiger partial charge on any atom is 0.238 e. The number of hydrogen-bond donors (Lipinski definition) is 2. The average molecular weight is 306 g/mol. The first-order valence-electron chi connectivity index (χ1n) is 7.26. The molecule has 6 nitrogen and oxygen atoms in total. The van der Waals surface area contributed by atoms with Gasteiger partial charge in [-0.3, -0.25) is 4.79 Å². The molecule has 0 aliphatic carbocycles. The van der Waals surface area contributed by atoms with Crippen molar-refractivity contribution in [3.05, 3.63) is 0 Å². The van der Waals surface area contributed by atoms with Gasteiger partial charge in [-0.05, 0) is 39.5 Å². The van der Waals surface area contributed by atoms with Crippen LogP contribution in [0.15, 0.2) is 0 Å². The summed E-state index contributed by atoms with van der Waals surface area (Å²) in [4.78, 5) is 12.2. The highest BCUT2D eigenvalue weighted by atomic mass is 32.2. The van der Waals surface area contributed by atoms with Gasteiger partial charge in [0.2, 0.25) is 15.9 Å². The number of hydrogen-bond acceptors (Lipinski definition) is 4. The van der Waals surface area contributed by atoms with Gasteiger partial charge in [-0.2, -0.15) is 4.31 Å². The fourth-order valence-electron chi connectivity index (χ4n) is 2.62. The van der Waals surface area contributed by atoms with Crippen molar-refractivity contribution >= 4 is 15.9 Å². The Labute approximate surface area is 121 Å². The normalized spacial score (nSPS) is 23.5. The number of sulfonamides is 1. The first-order chi connectivity index (χ1) is 9.27. The zero-order chi connectivity index (χ0) is 15.3. The Morgan fingerprint density at radius 2 is 2.10 bits per heavy atom. The Kier molecular flexibility index (Phi) is 6.42. The van der Waals surface area contributed by atoms with Crippen molar-refractivity contribution in [2.45, 2.75) is 64.6 Å². The highest BCUT2D eigenvalue weighted by Gasteiger charge is 2.38. The van der Waals surface area contributed by atoms with Crippen LogP contribution < -0.4 is 5.32 Å². The highest BCUT2D eigenvalue weighted by Crippen LogP contribution is 2.22. The monoisotopic (exact) mass is 306 g/mol. The number of nitrogens with zero attached hydrogens (tertiary/aromatic N) is 1. The lowest BCUT2D eigenvalue weighted by molar-refractivity contribution is -0.124. The molecule has 1 rings (SSSR count). The Morgan fingerprint density at radius 3 is 2.65 bits per heavy atom. The predicted octanol–water partition coefficient (Wildman–Crippen LogP) is 0.466. The third-order valence-corrected chi connectivity index (χ3v) is 5.48. The van der Waals surface area contributed by atoms with Crippen molar-refractivity contribution in [3.63, 3.8) is 0 Å². The van der Waals surface area contributed by atoms with Gasteiger partial charge in [-0.15, -0.1) is 0 Å². The Morgan fingerprint density at radius 1 is 1.45 bits per heavy atom. The van der Waals surface area contributed by atoms with E-state index in [0.717, 1.165) is 0 Å². The van der Waals surface area contributed by atoms with Crippen LogP contribution in [0.3, 0.4) is 0 Å². The maximum atomic E-state index is 12.2. The number of carbonyl (C=O) groups excluding carboxylic acids is 1. The lowest BCUT2D eigenvalue weighted by Gasteiger charge is -2.25. The minimum absolute atomic E-state index is 0.0833. The largest absolute Gasteiger partial charge is 0.393 e. The van der Waals surface area contributed by atoms with Crippen LogP contribution in [0.4, 0.5) is 0 Å². The third kappa shape index (κ3) is 4.71. The van der Waals surface area contributed by atoms with Gasteiger partial charge in [0.15, 0.2) is 0 Å². The van der Waals surface area contributed by atoms with Crippen molar-refractivity contribution in [3.8, 4) is 0 Å². The van der Waals surface area contributed by atoms with E-state index < -0.39 is 22.2 Å². The molecule has 1 aliphatic rings. The molecule has 0 spiro atoms. The van der Waals surface area contributed by atoms with Gasteiger partial charge >= 0.3 is 0 Å². The number of amides is 1. The zero-order valence-electron chi connectivity index (χ0n) is 12.5. The molecule has 1 fully saturated rings. The van der Waals surface area contributed by atoms with E-state index in [1.165, 1.54) is 4.31 Å². The summed E-state index contributed by atoms with van der Waals surface area (Å²) in [6, 6.07) is -0.762. The molecule has 7 heteroatoms. The van der Waals surface area contributed by atoms with Crippen molar-refractivity contribution in [2.75, 3.05) is 12.3 Å². The van der Waals surface area contributed by atoms with Crippen LogP contribution >= 0.6 is 0 Å². The number of nitrogens with one attached hydrogen (secondary N) is 1. The smallest absolute Gasteiger partial charge is 0.238 e. The van der Waals surface area contributed by atoms with Crippen LogP contribution in [-0.4, -0.2) is 54.2 Å². The second-order valence-corrected chi connectivity index (χ2v) is 7.62. The van der Waals surface area contributed by atoms with E-state index in [0.29, 0.717) is 32.2 Å². The van der Waals surface area contributed by atoms with E-state index in [9.17, 15) is 18.3 Å². The minimum Gasteiger partial charge on any atom is -0.393 e. The Hall–Kier alpha value is -0.660. The fraction of sp³-hybridized carbons (Fsp3) is 0.923. The predicted molar refractivity (Wildman–Crippen MR) is 77.7 cm³/mol. The molecule has 3 atom stereocenters. The van der Waals surface area contributed by atoms with Crippen molar-refractivity contribution in [1.29, 1.82) is 0 Å². The van der Waals surface area contributed by atoms with E-state index >= 15 is 0 Å². The lowest BCUT2D eigenvalue weighted by Crippen LogP contribution is -2.49. The van der Waals surface area contributed by atoms with E-state index in [1.807, 2.05) is 13.8 Å². The van der Waals surface area contributed by atoms with Crippen LogP contribution in [0.1, 0.15) is 46.5 Å². The number of carbonyl (C=O) groups is 1. The molecule has 3 unspecified atom stereocenters. The number of rotatable bonds is 7.